The van der Waals surface area contributed by atoms with Gasteiger partial charge in [-0.05, 0) is 87.6 Å². The lowest BCUT2D eigenvalue weighted by molar-refractivity contribution is 1.11. The molecule has 1 aliphatic heterocycles. The van der Waals surface area contributed by atoms with Crippen LogP contribution in [0, 0.1) is 0 Å². The zero-order valence-electron chi connectivity index (χ0n) is 28.1. The van der Waals surface area contributed by atoms with Gasteiger partial charge in [0.1, 0.15) is 5.82 Å². The third kappa shape index (κ3) is 3.72. The Morgan fingerprint density at radius 1 is 0.365 bits per heavy atom. The number of fused-ring (bicyclic) bond motifs is 14. The summed E-state index contributed by atoms with van der Waals surface area (Å²) in [4.78, 5) is 5.38. The van der Waals surface area contributed by atoms with Crippen molar-refractivity contribution in [3.05, 3.63) is 176 Å². The molecule has 0 saturated heterocycles. The van der Waals surface area contributed by atoms with Gasteiger partial charge in [0.15, 0.2) is 0 Å². The molecule has 52 heavy (non-hydrogen) atoms. The van der Waals surface area contributed by atoms with Gasteiger partial charge in [-0.1, -0.05) is 121 Å². The van der Waals surface area contributed by atoms with Gasteiger partial charge in [0.25, 0.3) is 0 Å². The van der Waals surface area contributed by atoms with Crippen LogP contribution in [0.2, 0.25) is 0 Å². The van der Waals surface area contributed by atoms with Crippen molar-refractivity contribution in [2.75, 3.05) is 0 Å². The lowest BCUT2D eigenvalue weighted by Gasteiger charge is -2.13. The van der Waals surface area contributed by atoms with Crippen LogP contribution >= 0.6 is 0 Å². The number of benzene rings is 8. The summed E-state index contributed by atoms with van der Waals surface area (Å²) in [5.74, 6) is 0.978. The van der Waals surface area contributed by atoms with E-state index in [4.69, 9.17) is 4.98 Å². The van der Waals surface area contributed by atoms with Gasteiger partial charge in [-0.25, -0.2) is 4.98 Å². The van der Waals surface area contributed by atoms with Gasteiger partial charge in [0.05, 0.1) is 27.6 Å². The molecule has 0 N–H and O–H groups in total. The number of nitrogens with zero attached hydrogens (tertiary/aromatic N) is 3. The van der Waals surface area contributed by atoms with E-state index in [9.17, 15) is 0 Å². The minimum Gasteiger partial charge on any atom is -0.309 e. The molecule has 0 radical (unpaired) electrons. The molecule has 12 rings (SSSR count). The van der Waals surface area contributed by atoms with Crippen molar-refractivity contribution in [2.24, 2.45) is 0 Å². The third-order valence-electron chi connectivity index (χ3n) is 11.2. The third-order valence-corrected chi connectivity index (χ3v) is 11.2. The van der Waals surface area contributed by atoms with E-state index in [1.54, 1.807) is 0 Å². The Hall–Kier alpha value is -6.97. The minimum absolute atomic E-state index is 0.978. The second-order valence-electron chi connectivity index (χ2n) is 14.0. The molecule has 8 aromatic carbocycles. The molecular weight excluding hydrogens is 631 g/mol. The molecule has 4 heterocycles. The van der Waals surface area contributed by atoms with Crippen LogP contribution in [0.15, 0.2) is 176 Å². The number of hydrogen-bond donors (Lipinski definition) is 0. The van der Waals surface area contributed by atoms with E-state index < -0.39 is 0 Å². The quantitative estimate of drug-likeness (QED) is 0.181. The summed E-state index contributed by atoms with van der Waals surface area (Å²) >= 11 is 0. The van der Waals surface area contributed by atoms with Gasteiger partial charge in [-0.2, -0.15) is 0 Å². The molecule has 1 aliphatic rings. The summed E-state index contributed by atoms with van der Waals surface area (Å²) in [7, 11) is 0. The lowest BCUT2D eigenvalue weighted by Crippen LogP contribution is -2.00. The molecule has 240 valence electrons. The highest BCUT2D eigenvalue weighted by Crippen LogP contribution is 2.47. The Labute approximate surface area is 299 Å². The number of rotatable bonds is 2. The Morgan fingerprint density at radius 3 is 1.85 bits per heavy atom. The van der Waals surface area contributed by atoms with E-state index >= 15 is 0 Å². The largest absolute Gasteiger partial charge is 0.309 e. The number of aromatic nitrogens is 3. The van der Waals surface area contributed by atoms with Gasteiger partial charge in [-0.15, -0.1) is 0 Å². The highest BCUT2D eigenvalue weighted by Gasteiger charge is 2.26. The van der Waals surface area contributed by atoms with Crippen molar-refractivity contribution in [1.29, 1.82) is 0 Å². The molecule has 0 unspecified atom stereocenters. The smallest absolute Gasteiger partial charge is 0.146 e. The number of pyridine rings is 1. The van der Waals surface area contributed by atoms with E-state index in [-0.39, 0.29) is 0 Å². The molecule has 0 amide bonds. The van der Waals surface area contributed by atoms with Gasteiger partial charge in [-0.3, -0.25) is 4.57 Å². The van der Waals surface area contributed by atoms with Crippen LogP contribution < -0.4 is 0 Å². The summed E-state index contributed by atoms with van der Waals surface area (Å²) in [5.41, 5.74) is 14.2. The van der Waals surface area contributed by atoms with Crippen LogP contribution in [-0.2, 0) is 0 Å². The van der Waals surface area contributed by atoms with Crippen molar-refractivity contribution in [1.82, 2.24) is 14.1 Å². The molecule has 0 aliphatic carbocycles. The fraction of sp³-hybridized carbons (Fsp3) is 0. The molecule has 3 heteroatoms. The van der Waals surface area contributed by atoms with E-state index in [1.807, 2.05) is 0 Å². The SMILES string of the molecule is c1ccc(-n2c3ccc(-c4ccc5c(c4)c4cccc6c4n5-c4nc5ccccc5cc4-c4ccccc4-6)cc3c3c4ccccc4ccc32)cc1. The van der Waals surface area contributed by atoms with Crippen LogP contribution in [0.25, 0.3) is 110 Å². The van der Waals surface area contributed by atoms with Crippen LogP contribution in [0.5, 0.6) is 0 Å². The summed E-state index contributed by atoms with van der Waals surface area (Å²) < 4.78 is 4.82. The maximum Gasteiger partial charge on any atom is 0.146 e. The maximum atomic E-state index is 5.38. The van der Waals surface area contributed by atoms with Crippen molar-refractivity contribution in [3.63, 3.8) is 0 Å². The summed E-state index contributed by atoms with van der Waals surface area (Å²) in [6.45, 7) is 0. The first-order valence-corrected chi connectivity index (χ1v) is 17.9. The van der Waals surface area contributed by atoms with Crippen LogP contribution in [0.1, 0.15) is 0 Å². The second kappa shape index (κ2) is 10.3. The standard InChI is InChI=1S/C49H29N3/c1-2-13-34(14-3-1)51-45-25-23-32(28-42(45)47-35-15-6-4-11-30(35)21-26-46(47)51)31-22-24-44-40(27-31)39-19-10-18-38-36-16-7-8-17-37(36)41-29-33-12-5-9-20-43(33)50-49(41)52(44)48(38)39/h1-29H. The lowest BCUT2D eigenvalue weighted by atomic mass is 9.93. The molecule has 0 saturated carbocycles. The van der Waals surface area contributed by atoms with Crippen LogP contribution in [0.4, 0.5) is 0 Å². The van der Waals surface area contributed by atoms with Crippen LogP contribution in [-0.4, -0.2) is 14.1 Å². The zero-order valence-corrected chi connectivity index (χ0v) is 28.1. The molecular formula is C49H29N3. The van der Waals surface area contributed by atoms with Gasteiger partial charge in [0.2, 0.25) is 0 Å². The van der Waals surface area contributed by atoms with E-state index in [0.717, 1.165) is 27.8 Å². The topological polar surface area (TPSA) is 22.8 Å². The summed E-state index contributed by atoms with van der Waals surface area (Å²) in [6, 6.07) is 64.3. The molecule has 0 spiro atoms. The first kappa shape index (κ1) is 27.8. The Morgan fingerprint density at radius 2 is 1.00 bits per heavy atom. The maximum absolute atomic E-state index is 5.38. The highest BCUT2D eigenvalue weighted by atomic mass is 15.1. The first-order valence-electron chi connectivity index (χ1n) is 17.9. The summed E-state index contributed by atoms with van der Waals surface area (Å²) in [5, 5.41) is 8.68. The Balaban J connectivity index is 1.14. The molecule has 3 aromatic heterocycles. The molecule has 0 atom stereocenters. The fourth-order valence-electron chi connectivity index (χ4n) is 8.94. The van der Waals surface area contributed by atoms with Crippen molar-refractivity contribution < 1.29 is 0 Å². The summed E-state index contributed by atoms with van der Waals surface area (Å²) in [6.07, 6.45) is 0. The molecule has 0 bridgehead atoms. The first-order chi connectivity index (χ1) is 25.8. The predicted octanol–water partition coefficient (Wildman–Crippen LogP) is 12.9. The average molecular weight is 660 g/mol. The van der Waals surface area contributed by atoms with E-state index in [0.29, 0.717) is 0 Å². The Bertz CT molecular complexity index is 3290. The van der Waals surface area contributed by atoms with Gasteiger partial charge >= 0.3 is 0 Å². The van der Waals surface area contributed by atoms with E-state index in [2.05, 4.69) is 185 Å². The molecule has 3 nitrogen and oxygen atoms in total. The molecule has 0 fully saturated rings. The van der Waals surface area contributed by atoms with Crippen molar-refractivity contribution >= 4 is 65.3 Å². The zero-order chi connectivity index (χ0) is 33.9. The fourth-order valence-corrected chi connectivity index (χ4v) is 8.94. The monoisotopic (exact) mass is 659 g/mol. The predicted molar refractivity (Wildman–Crippen MR) is 218 cm³/mol. The number of para-hydroxylation sites is 3. The van der Waals surface area contributed by atoms with Crippen LogP contribution in [0.3, 0.4) is 0 Å². The second-order valence-corrected chi connectivity index (χ2v) is 14.0. The Kier molecular flexibility index (Phi) is 5.50. The van der Waals surface area contributed by atoms with E-state index in [1.165, 1.54) is 82.4 Å². The average Bonchev–Trinajstić information content (AvgIpc) is 3.69. The number of hydrogen-bond acceptors (Lipinski definition) is 1. The van der Waals surface area contributed by atoms with Gasteiger partial charge < -0.3 is 4.57 Å². The van der Waals surface area contributed by atoms with Gasteiger partial charge in [0, 0.05) is 43.7 Å². The normalized spacial score (nSPS) is 12.2. The highest BCUT2D eigenvalue weighted by molar-refractivity contribution is 6.22. The molecule has 11 aromatic rings. The van der Waals surface area contributed by atoms with Crippen molar-refractivity contribution in [2.45, 2.75) is 0 Å². The minimum atomic E-state index is 0.978. The van der Waals surface area contributed by atoms with Crippen molar-refractivity contribution in [3.8, 4) is 44.9 Å².